The number of pyridine rings is 2. The maximum Gasteiger partial charge on any atom is 0.270 e. The van der Waals surface area contributed by atoms with Gasteiger partial charge in [0.15, 0.2) is 0 Å². The number of nitrogens with zero attached hydrogens (tertiary/aromatic N) is 5. The van der Waals surface area contributed by atoms with Crippen LogP contribution in [0.5, 0.6) is 0 Å². The molecule has 0 spiro atoms. The molecule has 1 fully saturated rings. The van der Waals surface area contributed by atoms with Gasteiger partial charge in [0.2, 0.25) is 5.91 Å². The number of fused-ring (bicyclic) bond motifs is 1. The minimum absolute atomic E-state index is 0.00800. The third kappa shape index (κ3) is 3.96. The van der Waals surface area contributed by atoms with Crippen molar-refractivity contribution in [2.75, 3.05) is 6.54 Å². The van der Waals surface area contributed by atoms with Crippen molar-refractivity contribution < 1.29 is 9.72 Å². The van der Waals surface area contributed by atoms with E-state index >= 15 is 0 Å². The lowest BCUT2D eigenvalue weighted by Crippen LogP contribution is -2.22. The van der Waals surface area contributed by atoms with E-state index < -0.39 is 4.92 Å². The molecule has 1 saturated heterocycles. The Morgan fingerprint density at radius 3 is 2.86 bits per heavy atom. The predicted molar refractivity (Wildman–Crippen MR) is 109 cm³/mol. The summed E-state index contributed by atoms with van der Waals surface area (Å²) in [6.45, 7) is 2.48. The van der Waals surface area contributed by atoms with Crippen LogP contribution >= 0.6 is 0 Å². The maximum absolute atomic E-state index is 12.1. The van der Waals surface area contributed by atoms with E-state index in [9.17, 15) is 14.9 Å². The summed E-state index contributed by atoms with van der Waals surface area (Å²) in [7, 11) is 0. The molecule has 0 N–H and O–H groups in total. The van der Waals surface area contributed by atoms with E-state index in [2.05, 4.69) is 15.1 Å². The van der Waals surface area contributed by atoms with E-state index in [1.165, 1.54) is 17.1 Å². The first kappa shape index (κ1) is 18.7. The van der Waals surface area contributed by atoms with Gasteiger partial charge >= 0.3 is 0 Å². The molecule has 8 nitrogen and oxygen atoms in total. The molecule has 3 heterocycles. The summed E-state index contributed by atoms with van der Waals surface area (Å²) in [6.07, 6.45) is 3.32. The Balaban J connectivity index is 1.80. The topological polar surface area (TPSA) is 102 Å². The van der Waals surface area contributed by atoms with E-state index in [0.717, 1.165) is 17.7 Å². The molecule has 4 rings (SSSR count). The zero-order valence-electron chi connectivity index (χ0n) is 15.9. The van der Waals surface area contributed by atoms with Crippen molar-refractivity contribution in [3.63, 3.8) is 0 Å². The quantitative estimate of drug-likeness (QED) is 0.378. The third-order valence-corrected chi connectivity index (χ3v) is 4.86. The van der Waals surface area contributed by atoms with Crippen LogP contribution < -0.4 is 0 Å². The molecule has 29 heavy (non-hydrogen) atoms. The lowest BCUT2D eigenvalue weighted by molar-refractivity contribution is -0.384. The summed E-state index contributed by atoms with van der Waals surface area (Å²) >= 11 is 0. The first-order valence-electron chi connectivity index (χ1n) is 9.35. The molecule has 2 aromatic heterocycles. The number of hydrogen-bond acceptors (Lipinski definition) is 6. The fourth-order valence-corrected chi connectivity index (χ4v) is 3.41. The lowest BCUT2D eigenvalue weighted by atomic mass is 10.0. The third-order valence-electron chi connectivity index (χ3n) is 4.86. The number of carbonyl (C=O) groups is 1. The van der Waals surface area contributed by atoms with E-state index in [1.807, 2.05) is 31.2 Å². The van der Waals surface area contributed by atoms with Gasteiger partial charge in [-0.15, -0.1) is 0 Å². The number of nitro groups is 1. The van der Waals surface area contributed by atoms with Gasteiger partial charge in [0.25, 0.3) is 5.69 Å². The number of amides is 1. The fourth-order valence-electron chi connectivity index (χ4n) is 3.41. The molecular formula is C21H19N5O3. The average Bonchev–Trinajstić information content (AvgIpc) is 3.12. The summed E-state index contributed by atoms with van der Waals surface area (Å²) < 4.78 is 0. The minimum atomic E-state index is -0.420. The Labute approximate surface area is 167 Å². The average molecular weight is 389 g/mol. The Morgan fingerprint density at radius 1 is 1.28 bits per heavy atom. The van der Waals surface area contributed by atoms with Crippen molar-refractivity contribution in [3.8, 4) is 0 Å². The van der Waals surface area contributed by atoms with Gasteiger partial charge in [0, 0.05) is 48.8 Å². The van der Waals surface area contributed by atoms with E-state index in [0.29, 0.717) is 41.7 Å². The van der Waals surface area contributed by atoms with Gasteiger partial charge in [-0.25, -0.2) is 5.01 Å². The van der Waals surface area contributed by atoms with Crippen LogP contribution in [0, 0.1) is 17.0 Å². The Bertz CT molecular complexity index is 1140. The zero-order valence-corrected chi connectivity index (χ0v) is 15.9. The number of nitro benzene ring substituents is 1. The van der Waals surface area contributed by atoms with Crippen LogP contribution in [0.3, 0.4) is 0 Å². The van der Waals surface area contributed by atoms with Gasteiger partial charge in [-0.1, -0.05) is 6.07 Å². The van der Waals surface area contributed by atoms with Crippen LogP contribution in [-0.4, -0.2) is 38.1 Å². The molecule has 8 heteroatoms. The molecule has 0 bridgehead atoms. The van der Waals surface area contributed by atoms with Crippen LogP contribution in [0.2, 0.25) is 0 Å². The Morgan fingerprint density at radius 2 is 2.14 bits per heavy atom. The van der Waals surface area contributed by atoms with E-state index in [-0.39, 0.29) is 11.6 Å². The molecule has 3 aromatic rings. The van der Waals surface area contributed by atoms with Gasteiger partial charge in [0.05, 0.1) is 21.8 Å². The van der Waals surface area contributed by atoms with Gasteiger partial charge in [-0.2, -0.15) is 5.10 Å². The van der Waals surface area contributed by atoms with Crippen molar-refractivity contribution in [2.45, 2.75) is 26.2 Å². The summed E-state index contributed by atoms with van der Waals surface area (Å²) in [6, 6.07) is 12.1. The highest BCUT2D eigenvalue weighted by Gasteiger charge is 2.22. The van der Waals surface area contributed by atoms with Crippen molar-refractivity contribution in [3.05, 3.63) is 75.7 Å². The smallest absolute Gasteiger partial charge is 0.270 e. The number of hydrazone groups is 1. The molecule has 0 radical (unpaired) electrons. The number of aryl methyl sites for hydroxylation is 1. The number of carbonyl (C=O) groups excluding carboxylic acids is 1. The fraction of sp³-hybridized carbons (Fsp3) is 0.238. The van der Waals surface area contributed by atoms with Crippen molar-refractivity contribution in [1.82, 2.24) is 15.0 Å². The predicted octanol–water partition coefficient (Wildman–Crippen LogP) is 3.42. The van der Waals surface area contributed by atoms with E-state index in [1.54, 1.807) is 12.3 Å². The molecule has 0 atom stereocenters. The SMILES string of the molecule is Cc1cccc(C(Cc2ccnc3ccc([N+](=O)[O-])cc23)=NN2CCCC2=O)n1. The highest BCUT2D eigenvalue weighted by atomic mass is 16.6. The summed E-state index contributed by atoms with van der Waals surface area (Å²) in [5, 5.41) is 18.0. The van der Waals surface area contributed by atoms with Gasteiger partial charge in [0.1, 0.15) is 0 Å². The molecule has 146 valence electrons. The van der Waals surface area contributed by atoms with Crippen LogP contribution in [0.15, 0.2) is 53.8 Å². The van der Waals surface area contributed by atoms with Gasteiger partial charge < -0.3 is 0 Å². The molecule has 0 aliphatic carbocycles. The summed E-state index contributed by atoms with van der Waals surface area (Å²) in [4.78, 5) is 31.8. The molecule has 1 aromatic carbocycles. The normalized spacial score (nSPS) is 14.6. The van der Waals surface area contributed by atoms with Crippen LogP contribution in [0.4, 0.5) is 5.69 Å². The van der Waals surface area contributed by atoms with Crippen molar-refractivity contribution >= 4 is 28.2 Å². The first-order chi connectivity index (χ1) is 14.0. The molecule has 1 amide bonds. The molecule has 0 saturated carbocycles. The van der Waals surface area contributed by atoms with Gasteiger partial charge in [-0.05, 0) is 43.2 Å². The monoisotopic (exact) mass is 389 g/mol. The molecule has 1 aliphatic heterocycles. The number of non-ortho nitro benzene ring substituents is 1. The highest BCUT2D eigenvalue weighted by molar-refractivity contribution is 6.03. The second kappa shape index (κ2) is 7.75. The second-order valence-corrected chi connectivity index (χ2v) is 6.94. The maximum atomic E-state index is 12.1. The molecule has 0 unspecified atom stereocenters. The number of hydrogen-bond donors (Lipinski definition) is 0. The van der Waals surface area contributed by atoms with Crippen LogP contribution in [0.1, 0.15) is 29.8 Å². The number of benzene rings is 1. The minimum Gasteiger partial charge on any atom is -0.273 e. The largest absolute Gasteiger partial charge is 0.273 e. The highest BCUT2D eigenvalue weighted by Crippen LogP contribution is 2.24. The molecular weight excluding hydrogens is 370 g/mol. The van der Waals surface area contributed by atoms with Gasteiger partial charge in [-0.3, -0.25) is 24.9 Å². The lowest BCUT2D eigenvalue weighted by Gasteiger charge is -2.14. The number of aromatic nitrogens is 2. The Kier molecular flexibility index (Phi) is 4.99. The summed E-state index contributed by atoms with van der Waals surface area (Å²) in [5.41, 5.74) is 3.68. The number of rotatable bonds is 5. The van der Waals surface area contributed by atoms with Crippen molar-refractivity contribution in [2.24, 2.45) is 5.10 Å². The first-order valence-corrected chi connectivity index (χ1v) is 9.35. The van der Waals surface area contributed by atoms with Crippen LogP contribution in [0.25, 0.3) is 10.9 Å². The molecule has 1 aliphatic rings. The van der Waals surface area contributed by atoms with Crippen molar-refractivity contribution in [1.29, 1.82) is 0 Å². The van der Waals surface area contributed by atoms with Crippen LogP contribution in [-0.2, 0) is 11.2 Å². The summed E-state index contributed by atoms with van der Waals surface area (Å²) in [5.74, 6) is -0.00891. The standard InChI is InChI=1S/C21H19N5O3/c1-14-4-2-5-19(23-14)20(24-25-11-3-6-21(25)27)12-15-9-10-22-18-8-7-16(26(28)29)13-17(15)18/h2,4-5,7-10,13H,3,6,11-12H2,1H3. The zero-order chi connectivity index (χ0) is 20.4. The second-order valence-electron chi connectivity index (χ2n) is 6.94. The Hall–Kier alpha value is -3.68. The van der Waals surface area contributed by atoms with E-state index in [4.69, 9.17) is 0 Å².